The largest absolute Gasteiger partial charge is 0.353 e. The number of benzene rings is 1. The van der Waals surface area contributed by atoms with Gasteiger partial charge in [0.05, 0.1) is 0 Å². The lowest BCUT2D eigenvalue weighted by Crippen LogP contribution is -2.50. The smallest absolute Gasteiger partial charge is 0.321 e. The van der Waals surface area contributed by atoms with Crippen molar-refractivity contribution in [2.45, 2.75) is 6.92 Å². The van der Waals surface area contributed by atoms with Crippen LogP contribution in [0.3, 0.4) is 0 Å². The van der Waals surface area contributed by atoms with Gasteiger partial charge < -0.3 is 15.1 Å². The van der Waals surface area contributed by atoms with Crippen molar-refractivity contribution in [3.63, 3.8) is 0 Å². The summed E-state index contributed by atoms with van der Waals surface area (Å²) in [6, 6.07) is 9.66. The fourth-order valence-electron chi connectivity index (χ4n) is 3.09. The first kappa shape index (κ1) is 17.0. The third-order valence-corrected chi connectivity index (χ3v) is 4.68. The number of imidazole rings is 1. The summed E-state index contributed by atoms with van der Waals surface area (Å²) in [5.41, 5.74) is 1.91. The first-order valence-corrected chi connectivity index (χ1v) is 8.87. The highest BCUT2D eigenvalue weighted by atomic mass is 16.2. The van der Waals surface area contributed by atoms with Crippen molar-refractivity contribution in [1.82, 2.24) is 24.4 Å². The molecule has 3 heterocycles. The van der Waals surface area contributed by atoms with E-state index in [4.69, 9.17) is 0 Å². The van der Waals surface area contributed by atoms with E-state index in [0.717, 1.165) is 36.0 Å². The standard InChI is InChI=1S/C19H21N7O/c1-15-4-2-3-5-16(15)23-19(27)25-10-8-24(9-11-25)17-12-18(22-13-21-17)26-7-6-20-14-26/h2-7,12-14H,8-11H2,1H3,(H,23,27). The molecule has 1 fully saturated rings. The number of rotatable bonds is 3. The second kappa shape index (κ2) is 7.45. The first-order chi connectivity index (χ1) is 13.2. The molecule has 0 atom stereocenters. The van der Waals surface area contributed by atoms with Crippen molar-refractivity contribution in [3.8, 4) is 5.82 Å². The van der Waals surface area contributed by atoms with Crippen LogP contribution in [-0.2, 0) is 0 Å². The summed E-state index contributed by atoms with van der Waals surface area (Å²) < 4.78 is 1.84. The van der Waals surface area contributed by atoms with Crippen LogP contribution in [0, 0.1) is 6.92 Å². The van der Waals surface area contributed by atoms with E-state index in [1.165, 1.54) is 0 Å². The van der Waals surface area contributed by atoms with Gasteiger partial charge in [-0.15, -0.1) is 0 Å². The van der Waals surface area contributed by atoms with Crippen LogP contribution in [-0.4, -0.2) is 56.6 Å². The molecule has 8 nitrogen and oxygen atoms in total. The van der Waals surface area contributed by atoms with Gasteiger partial charge in [0.25, 0.3) is 0 Å². The summed E-state index contributed by atoms with van der Waals surface area (Å²) >= 11 is 0. The van der Waals surface area contributed by atoms with E-state index < -0.39 is 0 Å². The molecule has 0 unspecified atom stereocenters. The highest BCUT2D eigenvalue weighted by Gasteiger charge is 2.22. The predicted octanol–water partition coefficient (Wildman–Crippen LogP) is 2.32. The van der Waals surface area contributed by atoms with Crippen molar-refractivity contribution in [1.29, 1.82) is 0 Å². The Bertz CT molecular complexity index is 917. The number of carbonyl (C=O) groups is 1. The van der Waals surface area contributed by atoms with Gasteiger partial charge in [-0.05, 0) is 18.6 Å². The monoisotopic (exact) mass is 363 g/mol. The molecule has 2 aromatic heterocycles. The number of para-hydroxylation sites is 1. The quantitative estimate of drug-likeness (QED) is 0.773. The topological polar surface area (TPSA) is 79.2 Å². The molecule has 4 rings (SSSR count). The molecule has 1 aromatic carbocycles. The third-order valence-electron chi connectivity index (χ3n) is 4.68. The zero-order valence-electron chi connectivity index (χ0n) is 15.1. The number of aryl methyl sites for hydroxylation is 1. The summed E-state index contributed by atoms with van der Waals surface area (Å²) in [5.74, 6) is 1.63. The van der Waals surface area contributed by atoms with Crippen LogP contribution in [0.4, 0.5) is 16.3 Å². The lowest BCUT2D eigenvalue weighted by molar-refractivity contribution is 0.208. The number of hydrogen-bond acceptors (Lipinski definition) is 5. The Labute approximate surface area is 157 Å². The number of nitrogens with zero attached hydrogens (tertiary/aromatic N) is 6. The van der Waals surface area contributed by atoms with E-state index in [0.29, 0.717) is 13.1 Å². The zero-order valence-corrected chi connectivity index (χ0v) is 15.1. The molecule has 0 spiro atoms. The number of urea groups is 1. The zero-order chi connectivity index (χ0) is 18.6. The van der Waals surface area contributed by atoms with Gasteiger partial charge in [-0.2, -0.15) is 0 Å². The maximum absolute atomic E-state index is 12.5. The fraction of sp³-hybridized carbons (Fsp3) is 0.263. The van der Waals surface area contributed by atoms with Crippen molar-refractivity contribution >= 4 is 17.5 Å². The molecule has 0 saturated carbocycles. The third kappa shape index (κ3) is 3.74. The second-order valence-electron chi connectivity index (χ2n) is 6.42. The van der Waals surface area contributed by atoms with Crippen molar-refractivity contribution < 1.29 is 4.79 Å². The Morgan fingerprint density at radius 2 is 1.85 bits per heavy atom. The van der Waals surface area contributed by atoms with Crippen LogP contribution in [0.25, 0.3) is 5.82 Å². The Balaban J connectivity index is 1.38. The van der Waals surface area contributed by atoms with E-state index in [1.54, 1.807) is 18.9 Å². The van der Waals surface area contributed by atoms with Gasteiger partial charge in [0.1, 0.15) is 24.3 Å². The second-order valence-corrected chi connectivity index (χ2v) is 6.42. The number of carbonyl (C=O) groups excluding carboxylic acids is 1. The molecule has 1 N–H and O–H groups in total. The predicted molar refractivity (Wildman–Crippen MR) is 103 cm³/mol. The maximum Gasteiger partial charge on any atom is 0.321 e. The van der Waals surface area contributed by atoms with Crippen LogP contribution in [0.1, 0.15) is 5.56 Å². The van der Waals surface area contributed by atoms with Crippen molar-refractivity contribution in [3.05, 3.63) is 60.9 Å². The number of amides is 2. The summed E-state index contributed by atoms with van der Waals surface area (Å²) in [6.45, 7) is 4.72. The highest BCUT2D eigenvalue weighted by molar-refractivity contribution is 5.90. The first-order valence-electron chi connectivity index (χ1n) is 8.87. The average molecular weight is 363 g/mol. The SMILES string of the molecule is Cc1ccccc1NC(=O)N1CCN(c2cc(-n3ccnc3)ncn2)CC1. The average Bonchev–Trinajstić information content (AvgIpc) is 3.25. The molecule has 0 aliphatic carbocycles. The Kier molecular flexibility index (Phi) is 4.69. The normalized spacial score (nSPS) is 14.3. The Hall–Kier alpha value is -3.42. The number of piperazine rings is 1. The molecular weight excluding hydrogens is 342 g/mol. The van der Waals surface area contributed by atoms with Crippen LogP contribution < -0.4 is 10.2 Å². The molecule has 27 heavy (non-hydrogen) atoms. The van der Waals surface area contributed by atoms with Gasteiger partial charge in [-0.25, -0.2) is 19.7 Å². The molecule has 3 aromatic rings. The molecule has 1 aliphatic heterocycles. The number of nitrogens with one attached hydrogen (secondary N) is 1. The summed E-state index contributed by atoms with van der Waals surface area (Å²) in [6.07, 6.45) is 6.83. The highest BCUT2D eigenvalue weighted by Crippen LogP contribution is 2.18. The molecule has 8 heteroatoms. The number of aromatic nitrogens is 4. The minimum absolute atomic E-state index is 0.0641. The van der Waals surface area contributed by atoms with Crippen molar-refractivity contribution in [2.75, 3.05) is 36.4 Å². The van der Waals surface area contributed by atoms with Crippen LogP contribution in [0.15, 0.2) is 55.4 Å². The van der Waals surface area contributed by atoms with Gasteiger partial charge in [-0.3, -0.25) is 4.57 Å². The minimum atomic E-state index is -0.0641. The summed E-state index contributed by atoms with van der Waals surface area (Å²) in [4.78, 5) is 29.3. The van der Waals surface area contributed by atoms with E-state index in [2.05, 4.69) is 25.2 Å². The Morgan fingerprint density at radius 1 is 1.07 bits per heavy atom. The van der Waals surface area contributed by atoms with Gasteiger partial charge in [-0.1, -0.05) is 18.2 Å². The molecule has 138 valence electrons. The molecular formula is C19H21N7O. The molecule has 2 amide bonds. The van der Waals surface area contributed by atoms with Gasteiger partial charge in [0.15, 0.2) is 0 Å². The van der Waals surface area contributed by atoms with E-state index in [-0.39, 0.29) is 6.03 Å². The van der Waals surface area contributed by atoms with Gasteiger partial charge in [0.2, 0.25) is 0 Å². The molecule has 1 aliphatic rings. The van der Waals surface area contributed by atoms with Gasteiger partial charge in [0, 0.05) is 50.3 Å². The van der Waals surface area contributed by atoms with E-state index in [1.807, 2.05) is 52.9 Å². The molecule has 0 bridgehead atoms. The maximum atomic E-state index is 12.5. The van der Waals surface area contributed by atoms with Crippen LogP contribution >= 0.6 is 0 Å². The molecule has 1 saturated heterocycles. The molecule has 0 radical (unpaired) electrons. The van der Waals surface area contributed by atoms with Gasteiger partial charge >= 0.3 is 6.03 Å². The number of hydrogen-bond donors (Lipinski definition) is 1. The summed E-state index contributed by atoms with van der Waals surface area (Å²) in [7, 11) is 0. The minimum Gasteiger partial charge on any atom is -0.353 e. The summed E-state index contributed by atoms with van der Waals surface area (Å²) in [5, 5.41) is 2.99. The fourth-order valence-corrected chi connectivity index (χ4v) is 3.09. The Morgan fingerprint density at radius 3 is 2.59 bits per heavy atom. The number of anilines is 2. The van der Waals surface area contributed by atoms with Crippen molar-refractivity contribution in [2.24, 2.45) is 0 Å². The van der Waals surface area contributed by atoms with E-state index >= 15 is 0 Å². The van der Waals surface area contributed by atoms with Crippen LogP contribution in [0.5, 0.6) is 0 Å². The van der Waals surface area contributed by atoms with Crippen LogP contribution in [0.2, 0.25) is 0 Å². The van der Waals surface area contributed by atoms with E-state index in [9.17, 15) is 4.79 Å². The lowest BCUT2D eigenvalue weighted by Gasteiger charge is -2.35. The lowest BCUT2D eigenvalue weighted by atomic mass is 10.2.